The molecule has 0 saturated carbocycles. The molecule has 0 aliphatic carbocycles. The topological polar surface area (TPSA) is 32.3 Å². The van der Waals surface area contributed by atoms with Gasteiger partial charge in [0, 0.05) is 19.1 Å². The zero-order valence-electron chi connectivity index (χ0n) is 12.1. The van der Waals surface area contributed by atoms with Crippen LogP contribution in [0.2, 0.25) is 0 Å². The highest BCUT2D eigenvalue weighted by Gasteiger charge is 2.28. The molecule has 104 valence electrons. The number of hydrogen-bond donors (Lipinski definition) is 1. The predicted octanol–water partition coefficient (Wildman–Crippen LogP) is 2.35. The molecule has 2 rings (SSSR count). The van der Waals surface area contributed by atoms with Crippen LogP contribution in [0.1, 0.15) is 38.3 Å². The summed E-state index contributed by atoms with van der Waals surface area (Å²) >= 11 is 0. The fraction of sp³-hybridized carbons (Fsp3) is 0.562. The van der Waals surface area contributed by atoms with Crippen molar-refractivity contribution in [3.05, 3.63) is 35.4 Å². The van der Waals surface area contributed by atoms with Gasteiger partial charge < -0.3 is 10.2 Å². The summed E-state index contributed by atoms with van der Waals surface area (Å²) in [5, 5.41) is 3.38. The lowest BCUT2D eigenvalue weighted by Crippen LogP contribution is -2.51. The fourth-order valence-electron chi connectivity index (χ4n) is 2.73. The summed E-state index contributed by atoms with van der Waals surface area (Å²) in [5.41, 5.74) is 2.62. The maximum absolute atomic E-state index is 12.6. The lowest BCUT2D eigenvalue weighted by molar-refractivity contribution is -0.135. The van der Waals surface area contributed by atoms with Gasteiger partial charge in [0.15, 0.2) is 0 Å². The Morgan fingerprint density at radius 2 is 2.05 bits per heavy atom. The Bertz CT molecular complexity index is 444. The first-order valence-electron chi connectivity index (χ1n) is 7.28. The van der Waals surface area contributed by atoms with Crippen LogP contribution < -0.4 is 5.32 Å². The van der Waals surface area contributed by atoms with Gasteiger partial charge in [-0.2, -0.15) is 0 Å². The average Bonchev–Trinajstić information content (AvgIpc) is 2.47. The second-order valence-corrected chi connectivity index (χ2v) is 5.29. The van der Waals surface area contributed by atoms with Crippen LogP contribution in [0.4, 0.5) is 0 Å². The molecular formula is C16H24N2O. The Kier molecular flexibility index (Phi) is 4.59. The van der Waals surface area contributed by atoms with Gasteiger partial charge in [0.05, 0.1) is 6.04 Å². The average molecular weight is 260 g/mol. The van der Waals surface area contributed by atoms with Crippen molar-refractivity contribution in [2.75, 3.05) is 6.54 Å². The summed E-state index contributed by atoms with van der Waals surface area (Å²) in [7, 11) is 0. The summed E-state index contributed by atoms with van der Waals surface area (Å²) in [6.07, 6.45) is 1.81. The van der Waals surface area contributed by atoms with E-state index in [0.717, 1.165) is 25.9 Å². The quantitative estimate of drug-likeness (QED) is 0.901. The molecule has 3 nitrogen and oxygen atoms in total. The van der Waals surface area contributed by atoms with Crippen LogP contribution in [-0.2, 0) is 17.8 Å². The first-order chi connectivity index (χ1) is 9.17. The van der Waals surface area contributed by atoms with Gasteiger partial charge >= 0.3 is 0 Å². The van der Waals surface area contributed by atoms with Gasteiger partial charge in [-0.3, -0.25) is 4.79 Å². The molecule has 1 aromatic carbocycles. The fourth-order valence-corrected chi connectivity index (χ4v) is 2.73. The molecule has 1 amide bonds. The van der Waals surface area contributed by atoms with E-state index in [4.69, 9.17) is 0 Å². The molecule has 1 aromatic rings. The molecule has 1 heterocycles. The minimum atomic E-state index is -0.0659. The van der Waals surface area contributed by atoms with Crippen LogP contribution in [0, 0.1) is 0 Å². The van der Waals surface area contributed by atoms with Gasteiger partial charge in [0.1, 0.15) is 0 Å². The number of benzene rings is 1. The lowest BCUT2D eigenvalue weighted by Gasteiger charge is -2.33. The summed E-state index contributed by atoms with van der Waals surface area (Å²) in [6, 6.07) is 8.63. The van der Waals surface area contributed by atoms with Gasteiger partial charge in [-0.1, -0.05) is 31.2 Å². The van der Waals surface area contributed by atoms with Crippen LogP contribution in [0.3, 0.4) is 0 Å². The second-order valence-electron chi connectivity index (χ2n) is 5.29. The van der Waals surface area contributed by atoms with Gasteiger partial charge in [-0.25, -0.2) is 0 Å². The summed E-state index contributed by atoms with van der Waals surface area (Å²) in [5.74, 6) is 0.242. The van der Waals surface area contributed by atoms with Crippen LogP contribution in [-0.4, -0.2) is 29.4 Å². The van der Waals surface area contributed by atoms with Crippen molar-refractivity contribution in [1.29, 1.82) is 0 Å². The Balaban J connectivity index is 2.09. The van der Waals surface area contributed by atoms with E-state index >= 15 is 0 Å². The number of hydrogen-bond acceptors (Lipinski definition) is 2. The molecule has 2 atom stereocenters. The maximum atomic E-state index is 12.6. The van der Waals surface area contributed by atoms with Crippen molar-refractivity contribution < 1.29 is 4.79 Å². The maximum Gasteiger partial charge on any atom is 0.240 e. The molecular weight excluding hydrogens is 236 g/mol. The molecule has 1 N–H and O–H groups in total. The number of nitrogens with one attached hydrogen (secondary N) is 1. The van der Waals surface area contributed by atoms with E-state index in [1.165, 1.54) is 11.1 Å². The molecule has 0 bridgehead atoms. The van der Waals surface area contributed by atoms with Crippen LogP contribution in [0.5, 0.6) is 0 Å². The van der Waals surface area contributed by atoms with Crippen molar-refractivity contribution in [3.8, 4) is 0 Å². The molecule has 1 aliphatic rings. The van der Waals surface area contributed by atoms with Gasteiger partial charge in [0.25, 0.3) is 0 Å². The van der Waals surface area contributed by atoms with Crippen molar-refractivity contribution in [2.24, 2.45) is 0 Å². The normalized spacial score (nSPS) is 19.6. The number of nitrogens with zero attached hydrogens (tertiary/aromatic N) is 1. The van der Waals surface area contributed by atoms with E-state index in [1.807, 2.05) is 4.90 Å². The number of carbonyl (C=O) groups excluding carboxylic acids is 1. The highest BCUT2D eigenvalue weighted by atomic mass is 16.2. The minimum absolute atomic E-state index is 0.0659. The van der Waals surface area contributed by atoms with E-state index in [9.17, 15) is 4.79 Å². The number of likely N-dealkylation sites (N-methyl/N-ethyl adjacent to an activating group) is 1. The van der Waals surface area contributed by atoms with Crippen LogP contribution in [0.15, 0.2) is 24.3 Å². The van der Waals surface area contributed by atoms with E-state index < -0.39 is 0 Å². The zero-order valence-corrected chi connectivity index (χ0v) is 12.1. The standard InChI is InChI=1S/C16H24N2O/c1-4-12(3)18(5-2)16(19)15-10-13-8-6-7-9-14(13)11-17-15/h6-9,12,15,17H,4-5,10-11H2,1-3H3/t12?,15-/m1/s1. The van der Waals surface area contributed by atoms with Gasteiger partial charge in [-0.05, 0) is 37.8 Å². The molecule has 19 heavy (non-hydrogen) atoms. The molecule has 0 spiro atoms. The Labute approximate surface area is 116 Å². The first-order valence-corrected chi connectivity index (χ1v) is 7.28. The third-order valence-corrected chi connectivity index (χ3v) is 4.13. The van der Waals surface area contributed by atoms with Crippen molar-refractivity contribution in [1.82, 2.24) is 10.2 Å². The highest BCUT2D eigenvalue weighted by molar-refractivity contribution is 5.82. The largest absolute Gasteiger partial charge is 0.339 e. The number of fused-ring (bicyclic) bond motifs is 1. The first kappa shape index (κ1) is 14.1. The summed E-state index contributed by atoms with van der Waals surface area (Å²) < 4.78 is 0. The summed E-state index contributed by atoms with van der Waals surface area (Å²) in [4.78, 5) is 14.6. The third kappa shape index (κ3) is 2.98. The van der Waals surface area contributed by atoms with Gasteiger partial charge in [0.2, 0.25) is 5.91 Å². The monoisotopic (exact) mass is 260 g/mol. The smallest absolute Gasteiger partial charge is 0.240 e. The van der Waals surface area contributed by atoms with E-state index in [0.29, 0.717) is 6.04 Å². The van der Waals surface area contributed by atoms with E-state index in [-0.39, 0.29) is 11.9 Å². The summed E-state index contributed by atoms with van der Waals surface area (Å²) in [6.45, 7) is 7.89. The number of amides is 1. The van der Waals surface area contributed by atoms with E-state index in [1.54, 1.807) is 0 Å². The Morgan fingerprint density at radius 3 is 2.68 bits per heavy atom. The lowest BCUT2D eigenvalue weighted by atomic mass is 9.95. The third-order valence-electron chi connectivity index (χ3n) is 4.13. The predicted molar refractivity (Wildman–Crippen MR) is 77.9 cm³/mol. The second kappa shape index (κ2) is 6.20. The van der Waals surface area contributed by atoms with Crippen molar-refractivity contribution in [3.63, 3.8) is 0 Å². The van der Waals surface area contributed by atoms with Crippen LogP contribution in [0.25, 0.3) is 0 Å². The Hall–Kier alpha value is -1.35. The molecule has 0 radical (unpaired) electrons. The molecule has 1 aliphatic heterocycles. The van der Waals surface area contributed by atoms with E-state index in [2.05, 4.69) is 50.4 Å². The Morgan fingerprint density at radius 1 is 1.37 bits per heavy atom. The SMILES string of the molecule is CCC(C)N(CC)C(=O)[C@H]1Cc2ccccc2CN1. The molecule has 1 unspecified atom stereocenters. The minimum Gasteiger partial charge on any atom is -0.339 e. The molecule has 0 aromatic heterocycles. The van der Waals surface area contributed by atoms with Crippen LogP contribution >= 0.6 is 0 Å². The van der Waals surface area contributed by atoms with Crippen molar-refractivity contribution >= 4 is 5.91 Å². The molecule has 0 saturated heterocycles. The highest BCUT2D eigenvalue weighted by Crippen LogP contribution is 2.18. The molecule has 3 heteroatoms. The van der Waals surface area contributed by atoms with Gasteiger partial charge in [-0.15, -0.1) is 0 Å². The number of carbonyl (C=O) groups is 1. The zero-order chi connectivity index (χ0) is 13.8. The van der Waals surface area contributed by atoms with Crippen molar-refractivity contribution in [2.45, 2.75) is 52.2 Å². The number of rotatable bonds is 4. The molecule has 0 fully saturated rings.